The molecule has 0 aliphatic carbocycles. The van der Waals surface area contributed by atoms with Crippen LogP contribution in [0.15, 0.2) is 53.4 Å². The van der Waals surface area contributed by atoms with E-state index in [-0.39, 0.29) is 17.0 Å². The van der Waals surface area contributed by atoms with Crippen LogP contribution in [0.2, 0.25) is 5.02 Å². The van der Waals surface area contributed by atoms with E-state index in [1.807, 2.05) is 0 Å². The lowest BCUT2D eigenvalue weighted by Gasteiger charge is -2.09. The largest absolute Gasteiger partial charge is 0.478 e. The van der Waals surface area contributed by atoms with Crippen molar-refractivity contribution in [3.05, 3.63) is 64.7 Å². The van der Waals surface area contributed by atoms with Crippen molar-refractivity contribution in [2.24, 2.45) is 0 Å². The first kappa shape index (κ1) is 15.5. The maximum absolute atomic E-state index is 12.2. The molecule has 0 saturated heterocycles. The van der Waals surface area contributed by atoms with Gasteiger partial charge in [0, 0.05) is 11.6 Å². The molecule has 0 heterocycles. The number of carboxylic acid groups (broad SMARTS) is 1. The second kappa shape index (κ2) is 6.26. The van der Waals surface area contributed by atoms with Gasteiger partial charge in [0.15, 0.2) is 0 Å². The van der Waals surface area contributed by atoms with Gasteiger partial charge in [-0.2, -0.15) is 0 Å². The van der Waals surface area contributed by atoms with Crippen molar-refractivity contribution in [2.75, 3.05) is 0 Å². The van der Waals surface area contributed by atoms with Crippen LogP contribution in [0.1, 0.15) is 15.9 Å². The van der Waals surface area contributed by atoms with E-state index in [1.165, 1.54) is 24.3 Å². The van der Waals surface area contributed by atoms with Crippen LogP contribution in [0, 0.1) is 0 Å². The third-order valence-corrected chi connectivity index (χ3v) is 4.50. The lowest BCUT2D eigenvalue weighted by molar-refractivity contribution is 0.0692. The Kier molecular flexibility index (Phi) is 4.62. The van der Waals surface area contributed by atoms with Crippen LogP contribution in [0.25, 0.3) is 0 Å². The van der Waals surface area contributed by atoms with Crippen LogP contribution in [0.5, 0.6) is 0 Å². The van der Waals surface area contributed by atoms with E-state index in [9.17, 15) is 13.2 Å². The fourth-order valence-corrected chi connectivity index (χ4v) is 3.08. The van der Waals surface area contributed by atoms with Crippen LogP contribution in [0.3, 0.4) is 0 Å². The van der Waals surface area contributed by atoms with Gasteiger partial charge in [-0.05, 0) is 29.8 Å². The van der Waals surface area contributed by atoms with Gasteiger partial charge in [0.25, 0.3) is 0 Å². The highest BCUT2D eigenvalue weighted by atomic mass is 35.5. The Balaban J connectivity index is 2.23. The molecule has 0 aliphatic heterocycles. The molecule has 0 atom stereocenters. The van der Waals surface area contributed by atoms with E-state index in [4.69, 9.17) is 16.7 Å². The van der Waals surface area contributed by atoms with Crippen molar-refractivity contribution in [1.82, 2.24) is 4.72 Å². The van der Waals surface area contributed by atoms with Gasteiger partial charge >= 0.3 is 5.97 Å². The number of aromatic carboxylic acids is 1. The van der Waals surface area contributed by atoms with Gasteiger partial charge in [-0.3, -0.25) is 0 Å². The zero-order valence-electron chi connectivity index (χ0n) is 10.8. The molecule has 5 nitrogen and oxygen atoms in total. The number of hydrogen-bond acceptors (Lipinski definition) is 3. The Bertz CT molecular complexity index is 757. The lowest BCUT2D eigenvalue weighted by atomic mass is 10.2. The normalized spacial score (nSPS) is 11.3. The monoisotopic (exact) mass is 325 g/mol. The van der Waals surface area contributed by atoms with Gasteiger partial charge in [-0.25, -0.2) is 17.9 Å². The van der Waals surface area contributed by atoms with Crippen LogP contribution in [-0.2, 0) is 16.6 Å². The summed E-state index contributed by atoms with van der Waals surface area (Å²) in [6.07, 6.45) is 0. The second-order valence-electron chi connectivity index (χ2n) is 4.25. The molecular weight excluding hydrogens is 314 g/mol. The molecule has 0 radical (unpaired) electrons. The number of halogens is 1. The highest BCUT2D eigenvalue weighted by Crippen LogP contribution is 2.16. The Morgan fingerprint density at radius 3 is 2.33 bits per heavy atom. The first-order chi connectivity index (χ1) is 9.90. The summed E-state index contributed by atoms with van der Waals surface area (Å²) in [5, 5.41) is 9.59. The summed E-state index contributed by atoms with van der Waals surface area (Å²) >= 11 is 5.75. The summed E-state index contributed by atoms with van der Waals surface area (Å²) in [5.41, 5.74) is 0.455. The molecule has 0 saturated carbocycles. The van der Waals surface area contributed by atoms with Crippen LogP contribution in [-0.4, -0.2) is 19.5 Å². The summed E-state index contributed by atoms with van der Waals surface area (Å²) in [6.45, 7) is 0.0491. The Morgan fingerprint density at radius 2 is 1.71 bits per heavy atom. The molecule has 0 unspecified atom stereocenters. The van der Waals surface area contributed by atoms with E-state index >= 15 is 0 Å². The molecule has 0 fully saturated rings. The SMILES string of the molecule is O=C(O)c1ccccc1S(=O)(=O)NCc1ccc(Cl)cc1. The molecule has 0 amide bonds. The lowest BCUT2D eigenvalue weighted by Crippen LogP contribution is -2.25. The van der Waals surface area contributed by atoms with Gasteiger partial charge < -0.3 is 5.11 Å². The van der Waals surface area contributed by atoms with E-state index in [0.717, 1.165) is 5.56 Å². The number of nitrogens with one attached hydrogen (secondary N) is 1. The smallest absolute Gasteiger partial charge is 0.337 e. The minimum Gasteiger partial charge on any atom is -0.478 e. The fraction of sp³-hybridized carbons (Fsp3) is 0.0714. The molecule has 0 aliphatic rings. The zero-order valence-corrected chi connectivity index (χ0v) is 12.4. The minimum atomic E-state index is -3.91. The molecule has 110 valence electrons. The molecule has 0 spiro atoms. The summed E-state index contributed by atoms with van der Waals surface area (Å²) < 4.78 is 26.8. The van der Waals surface area contributed by atoms with Gasteiger partial charge in [0.1, 0.15) is 0 Å². The number of rotatable bonds is 5. The predicted molar refractivity (Wildman–Crippen MR) is 78.9 cm³/mol. The first-order valence-corrected chi connectivity index (χ1v) is 7.83. The Hall–Kier alpha value is -1.89. The minimum absolute atomic E-state index is 0.0491. The van der Waals surface area contributed by atoms with Crippen LogP contribution >= 0.6 is 11.6 Å². The van der Waals surface area contributed by atoms with E-state index in [1.54, 1.807) is 24.3 Å². The van der Waals surface area contributed by atoms with Crippen molar-refractivity contribution in [3.8, 4) is 0 Å². The topological polar surface area (TPSA) is 83.5 Å². The zero-order chi connectivity index (χ0) is 15.5. The molecule has 21 heavy (non-hydrogen) atoms. The second-order valence-corrected chi connectivity index (χ2v) is 6.42. The number of benzene rings is 2. The van der Waals surface area contributed by atoms with Crippen molar-refractivity contribution in [2.45, 2.75) is 11.4 Å². The quantitative estimate of drug-likeness (QED) is 0.884. The van der Waals surface area contributed by atoms with Crippen molar-refractivity contribution in [1.29, 1.82) is 0 Å². The van der Waals surface area contributed by atoms with Crippen molar-refractivity contribution >= 4 is 27.6 Å². The summed E-state index contributed by atoms with van der Waals surface area (Å²) in [5.74, 6) is -1.29. The van der Waals surface area contributed by atoms with Gasteiger partial charge in [-0.15, -0.1) is 0 Å². The predicted octanol–water partition coefficient (Wildman–Crippen LogP) is 2.52. The molecule has 7 heteroatoms. The van der Waals surface area contributed by atoms with E-state index in [2.05, 4.69) is 4.72 Å². The number of carboxylic acids is 1. The van der Waals surface area contributed by atoms with Crippen molar-refractivity contribution < 1.29 is 18.3 Å². The molecule has 0 bridgehead atoms. The maximum Gasteiger partial charge on any atom is 0.337 e. The van der Waals surface area contributed by atoms with Gasteiger partial charge in [0.2, 0.25) is 10.0 Å². The molecule has 2 aromatic carbocycles. The molecule has 2 rings (SSSR count). The summed E-state index contributed by atoms with van der Waals surface area (Å²) in [4.78, 5) is 10.8. The van der Waals surface area contributed by atoms with E-state index in [0.29, 0.717) is 5.02 Å². The highest BCUT2D eigenvalue weighted by molar-refractivity contribution is 7.89. The molecule has 0 aromatic heterocycles. The van der Waals surface area contributed by atoms with E-state index < -0.39 is 16.0 Å². The average molecular weight is 326 g/mol. The van der Waals surface area contributed by atoms with Crippen LogP contribution < -0.4 is 4.72 Å². The van der Waals surface area contributed by atoms with Gasteiger partial charge in [0.05, 0.1) is 10.5 Å². The van der Waals surface area contributed by atoms with Crippen molar-refractivity contribution in [3.63, 3.8) is 0 Å². The van der Waals surface area contributed by atoms with Gasteiger partial charge in [-0.1, -0.05) is 35.9 Å². The molecule has 2 aromatic rings. The summed E-state index contributed by atoms with van der Waals surface area (Å²) in [7, 11) is -3.91. The number of carbonyl (C=O) groups is 1. The molecular formula is C14H12ClNO4S. The number of sulfonamides is 1. The Labute approximate surface area is 127 Å². The maximum atomic E-state index is 12.2. The fourth-order valence-electron chi connectivity index (χ4n) is 1.74. The summed E-state index contributed by atoms with van der Waals surface area (Å²) in [6, 6.07) is 12.1. The first-order valence-electron chi connectivity index (χ1n) is 5.96. The van der Waals surface area contributed by atoms with Crippen LogP contribution in [0.4, 0.5) is 0 Å². The Morgan fingerprint density at radius 1 is 1.10 bits per heavy atom. The third kappa shape index (κ3) is 3.81. The third-order valence-electron chi connectivity index (χ3n) is 2.79. The molecule has 2 N–H and O–H groups in total. The highest BCUT2D eigenvalue weighted by Gasteiger charge is 2.21. The number of hydrogen-bond donors (Lipinski definition) is 2. The standard InChI is InChI=1S/C14H12ClNO4S/c15-11-7-5-10(6-8-11)9-16-21(19,20)13-4-2-1-3-12(13)14(17)18/h1-8,16H,9H2,(H,17,18). The average Bonchev–Trinajstić information content (AvgIpc) is 2.47.